The van der Waals surface area contributed by atoms with Crippen LogP contribution in [0.4, 0.5) is 0 Å². The highest BCUT2D eigenvalue weighted by Crippen LogP contribution is 2.45. The van der Waals surface area contributed by atoms with Crippen molar-refractivity contribution >= 4 is 40.3 Å². The van der Waals surface area contributed by atoms with Gasteiger partial charge in [-0.2, -0.15) is 0 Å². The van der Waals surface area contributed by atoms with Crippen molar-refractivity contribution in [3.8, 4) is 0 Å². The SMILES string of the molecule is N=C(N)S[C@@H]1Cc2cc(Cl)ccc2Sc2ccccc21. The molecule has 3 N–H and O–H groups in total. The molecule has 1 atom stereocenters. The van der Waals surface area contributed by atoms with Crippen molar-refractivity contribution in [2.75, 3.05) is 0 Å². The Morgan fingerprint density at radius 1 is 1.25 bits per heavy atom. The molecule has 0 radical (unpaired) electrons. The Labute approximate surface area is 131 Å². The lowest BCUT2D eigenvalue weighted by Crippen LogP contribution is -2.09. The summed E-state index contributed by atoms with van der Waals surface area (Å²) >= 11 is 9.28. The largest absolute Gasteiger partial charge is 0.379 e. The predicted molar refractivity (Wildman–Crippen MR) is 88.0 cm³/mol. The van der Waals surface area contributed by atoms with E-state index >= 15 is 0 Å². The number of thioether (sulfide) groups is 1. The van der Waals surface area contributed by atoms with E-state index in [1.54, 1.807) is 11.8 Å². The highest BCUT2D eigenvalue weighted by molar-refractivity contribution is 8.13. The van der Waals surface area contributed by atoms with Crippen LogP contribution in [0.5, 0.6) is 0 Å². The van der Waals surface area contributed by atoms with Gasteiger partial charge in [0.2, 0.25) is 0 Å². The monoisotopic (exact) mass is 320 g/mol. The molecule has 5 heteroatoms. The fraction of sp³-hybridized carbons (Fsp3) is 0.133. The molecular formula is C15H13ClN2S2. The molecule has 2 aromatic rings. The molecule has 0 aliphatic carbocycles. The van der Waals surface area contributed by atoms with Gasteiger partial charge in [0.25, 0.3) is 0 Å². The van der Waals surface area contributed by atoms with Gasteiger partial charge in [0, 0.05) is 20.1 Å². The fourth-order valence-electron chi connectivity index (χ4n) is 2.33. The number of halogens is 1. The second kappa shape index (κ2) is 5.72. The van der Waals surface area contributed by atoms with Gasteiger partial charge in [-0.25, -0.2) is 0 Å². The molecule has 2 aromatic carbocycles. The molecule has 3 rings (SSSR count). The van der Waals surface area contributed by atoms with Crippen LogP contribution in [0.15, 0.2) is 52.3 Å². The van der Waals surface area contributed by atoms with Gasteiger partial charge in [-0.15, -0.1) is 0 Å². The second-order valence-corrected chi connectivity index (χ2v) is 7.33. The Balaban J connectivity index is 2.09. The van der Waals surface area contributed by atoms with Crippen LogP contribution < -0.4 is 5.73 Å². The van der Waals surface area contributed by atoms with Crippen LogP contribution in [0.25, 0.3) is 0 Å². The van der Waals surface area contributed by atoms with Crippen molar-refractivity contribution in [2.24, 2.45) is 5.73 Å². The zero-order valence-electron chi connectivity index (χ0n) is 10.6. The molecule has 1 aliphatic heterocycles. The van der Waals surface area contributed by atoms with Crippen LogP contribution in [0.2, 0.25) is 5.02 Å². The highest BCUT2D eigenvalue weighted by atomic mass is 35.5. The summed E-state index contributed by atoms with van der Waals surface area (Å²) in [5.74, 6) is 0. The summed E-state index contributed by atoms with van der Waals surface area (Å²) in [6, 6.07) is 14.3. The summed E-state index contributed by atoms with van der Waals surface area (Å²) in [6.45, 7) is 0. The lowest BCUT2D eigenvalue weighted by atomic mass is 10.0. The molecule has 0 amide bonds. The van der Waals surface area contributed by atoms with E-state index in [4.69, 9.17) is 22.7 Å². The number of fused-ring (bicyclic) bond motifs is 2. The van der Waals surface area contributed by atoms with Crippen LogP contribution >= 0.6 is 35.1 Å². The minimum Gasteiger partial charge on any atom is -0.379 e. The summed E-state index contributed by atoms with van der Waals surface area (Å²) in [7, 11) is 0. The molecule has 20 heavy (non-hydrogen) atoms. The van der Waals surface area contributed by atoms with Crippen molar-refractivity contribution in [3.05, 3.63) is 58.6 Å². The van der Waals surface area contributed by atoms with Gasteiger partial charge in [-0.05, 0) is 41.8 Å². The molecule has 0 bridgehead atoms. The van der Waals surface area contributed by atoms with E-state index < -0.39 is 0 Å². The maximum Gasteiger partial charge on any atom is 0.151 e. The number of hydrogen-bond donors (Lipinski definition) is 2. The van der Waals surface area contributed by atoms with Crippen molar-refractivity contribution in [3.63, 3.8) is 0 Å². The van der Waals surface area contributed by atoms with E-state index in [0.29, 0.717) is 0 Å². The van der Waals surface area contributed by atoms with Crippen molar-refractivity contribution in [1.82, 2.24) is 0 Å². The van der Waals surface area contributed by atoms with E-state index in [9.17, 15) is 0 Å². The van der Waals surface area contributed by atoms with Gasteiger partial charge >= 0.3 is 0 Å². The highest BCUT2D eigenvalue weighted by Gasteiger charge is 2.23. The minimum absolute atomic E-state index is 0.153. The predicted octanol–water partition coefficient (Wildman–Crippen LogP) is 4.72. The van der Waals surface area contributed by atoms with E-state index in [1.165, 1.54) is 32.7 Å². The standard InChI is InChI=1S/C15H13ClN2S2/c16-10-5-6-12-9(7-10)8-14(20-15(17)18)11-3-1-2-4-13(11)19-12/h1-7,14H,8H2,(H3,17,18)/t14-/m1/s1. The molecule has 2 nitrogen and oxygen atoms in total. The molecule has 0 spiro atoms. The Hall–Kier alpha value is -1.10. The number of hydrogen-bond acceptors (Lipinski definition) is 3. The Morgan fingerprint density at radius 3 is 2.85 bits per heavy atom. The fourth-order valence-corrected chi connectivity index (χ4v) is 4.63. The van der Waals surface area contributed by atoms with Crippen LogP contribution in [0.1, 0.15) is 16.4 Å². The average Bonchev–Trinajstić information content (AvgIpc) is 2.55. The maximum atomic E-state index is 7.58. The summed E-state index contributed by atoms with van der Waals surface area (Å²) in [6.07, 6.45) is 0.837. The first-order valence-electron chi connectivity index (χ1n) is 6.19. The maximum absolute atomic E-state index is 7.58. The number of rotatable bonds is 1. The zero-order valence-corrected chi connectivity index (χ0v) is 13.0. The third kappa shape index (κ3) is 2.82. The van der Waals surface area contributed by atoms with E-state index in [0.717, 1.165) is 11.4 Å². The summed E-state index contributed by atoms with van der Waals surface area (Å²) in [4.78, 5) is 2.46. The van der Waals surface area contributed by atoms with Gasteiger partial charge in [-0.1, -0.05) is 53.3 Å². The Kier molecular flexibility index (Phi) is 3.96. The number of nitrogens with two attached hydrogens (primary N) is 1. The first-order valence-corrected chi connectivity index (χ1v) is 8.27. The molecule has 0 unspecified atom stereocenters. The number of nitrogens with one attached hydrogen (secondary N) is 1. The lowest BCUT2D eigenvalue weighted by molar-refractivity contribution is 0.906. The van der Waals surface area contributed by atoms with E-state index in [2.05, 4.69) is 18.2 Å². The summed E-state index contributed by atoms with van der Waals surface area (Å²) in [5.41, 5.74) is 8.06. The van der Waals surface area contributed by atoms with Gasteiger partial charge in [0.05, 0.1) is 0 Å². The van der Waals surface area contributed by atoms with E-state index in [-0.39, 0.29) is 10.4 Å². The molecule has 0 aromatic heterocycles. The van der Waals surface area contributed by atoms with Crippen molar-refractivity contribution in [1.29, 1.82) is 5.41 Å². The molecule has 1 heterocycles. The average molecular weight is 321 g/mol. The smallest absolute Gasteiger partial charge is 0.151 e. The third-order valence-electron chi connectivity index (χ3n) is 3.18. The lowest BCUT2D eigenvalue weighted by Gasteiger charge is -2.16. The molecular weight excluding hydrogens is 308 g/mol. The van der Waals surface area contributed by atoms with Gasteiger partial charge in [0.15, 0.2) is 5.17 Å². The first kappa shape index (κ1) is 13.9. The number of benzene rings is 2. The van der Waals surface area contributed by atoms with E-state index in [1.807, 2.05) is 24.3 Å². The Bertz CT molecular complexity index is 673. The van der Waals surface area contributed by atoms with Gasteiger partial charge in [0.1, 0.15) is 0 Å². The Morgan fingerprint density at radius 2 is 2.05 bits per heavy atom. The third-order valence-corrected chi connectivity index (χ3v) is 5.59. The minimum atomic E-state index is 0.153. The summed E-state index contributed by atoms with van der Waals surface area (Å²) < 4.78 is 0. The second-order valence-electron chi connectivity index (χ2n) is 4.57. The molecule has 0 saturated heterocycles. The van der Waals surface area contributed by atoms with Crippen LogP contribution in [0.3, 0.4) is 0 Å². The summed E-state index contributed by atoms with van der Waals surface area (Å²) in [5, 5.41) is 8.65. The zero-order chi connectivity index (χ0) is 14.1. The van der Waals surface area contributed by atoms with Crippen molar-refractivity contribution in [2.45, 2.75) is 21.5 Å². The molecule has 0 saturated carbocycles. The first-order chi connectivity index (χ1) is 9.63. The van der Waals surface area contributed by atoms with Crippen LogP contribution in [0, 0.1) is 5.41 Å². The molecule has 102 valence electrons. The quantitative estimate of drug-likeness (QED) is 0.590. The topological polar surface area (TPSA) is 49.9 Å². The van der Waals surface area contributed by atoms with Gasteiger partial charge < -0.3 is 5.73 Å². The van der Waals surface area contributed by atoms with Crippen molar-refractivity contribution < 1.29 is 0 Å². The van der Waals surface area contributed by atoms with Crippen LogP contribution in [-0.2, 0) is 6.42 Å². The number of amidine groups is 1. The normalized spacial score (nSPS) is 16.9. The molecule has 0 fully saturated rings. The van der Waals surface area contributed by atoms with Crippen LogP contribution in [-0.4, -0.2) is 5.17 Å². The molecule has 1 aliphatic rings. The van der Waals surface area contributed by atoms with Gasteiger partial charge in [-0.3, -0.25) is 5.41 Å².